The minimum atomic E-state index is 0.0570. The monoisotopic (exact) mass is 450 g/mol. The van der Waals surface area contributed by atoms with Crippen LogP contribution in [0.5, 0.6) is 0 Å². The van der Waals surface area contributed by atoms with Crippen molar-refractivity contribution in [2.75, 3.05) is 11.5 Å². The van der Waals surface area contributed by atoms with Crippen molar-refractivity contribution in [2.45, 2.75) is 115 Å². The molecule has 0 spiro atoms. The molecule has 0 saturated carbocycles. The molecular formula is C22H42O3S3. The topological polar surface area (TPSA) is 54.4 Å². The van der Waals surface area contributed by atoms with Crippen molar-refractivity contribution in [3.05, 3.63) is 0 Å². The van der Waals surface area contributed by atoms with Crippen LogP contribution >= 0.6 is 33.6 Å². The molecule has 0 aliphatic heterocycles. The van der Waals surface area contributed by atoms with E-state index < -0.39 is 0 Å². The summed E-state index contributed by atoms with van der Waals surface area (Å²) in [5, 5.41) is 0.0570. The number of carbonyl (C=O) groups is 2. The standard InChI is InChI=1S/C22H42O3S3/c1-3-5-7-9-10-11-13-20(23)15-17-26-27-18-16-21(24)19-22(28-25)14-12-8-6-4-2/h22,25H,3-19H2,1-2H3. The smallest absolute Gasteiger partial charge is 0.134 e. The highest BCUT2D eigenvalue weighted by atomic mass is 33.1. The largest absolute Gasteiger partial charge is 0.330 e. The fourth-order valence-electron chi connectivity index (χ4n) is 3.00. The highest BCUT2D eigenvalue weighted by Crippen LogP contribution is 2.25. The maximum atomic E-state index is 12.1. The SMILES string of the molecule is CCCCCCCCC(=O)CCSSCCC(=O)CC(CCCCCC)SO. The van der Waals surface area contributed by atoms with Gasteiger partial charge in [-0.25, -0.2) is 0 Å². The Morgan fingerprint density at radius 2 is 1.25 bits per heavy atom. The summed E-state index contributed by atoms with van der Waals surface area (Å²) in [4.78, 5) is 23.9. The number of ketones is 2. The number of carbonyl (C=O) groups excluding carboxylic acids is 2. The van der Waals surface area contributed by atoms with E-state index in [0.29, 0.717) is 25.0 Å². The summed E-state index contributed by atoms with van der Waals surface area (Å²) in [5.74, 6) is 2.27. The molecule has 0 aromatic heterocycles. The quantitative estimate of drug-likeness (QED) is 0.102. The predicted octanol–water partition coefficient (Wildman–Crippen LogP) is 7.97. The fourth-order valence-corrected chi connectivity index (χ4v) is 5.60. The third kappa shape index (κ3) is 19.7. The third-order valence-corrected chi connectivity index (χ3v) is 7.91. The summed E-state index contributed by atoms with van der Waals surface area (Å²) in [6, 6.07) is 0. The first-order chi connectivity index (χ1) is 13.6. The molecule has 0 aliphatic rings. The van der Waals surface area contributed by atoms with Crippen LogP contribution in [0.3, 0.4) is 0 Å². The van der Waals surface area contributed by atoms with Gasteiger partial charge in [-0.1, -0.05) is 93.2 Å². The zero-order chi connectivity index (χ0) is 20.9. The Labute approximate surface area is 185 Å². The van der Waals surface area contributed by atoms with Gasteiger partial charge in [0, 0.05) is 42.4 Å². The molecule has 28 heavy (non-hydrogen) atoms. The van der Waals surface area contributed by atoms with Crippen LogP contribution in [0, 0.1) is 0 Å². The fraction of sp³-hybridized carbons (Fsp3) is 0.909. The summed E-state index contributed by atoms with van der Waals surface area (Å²) in [5.41, 5.74) is 0. The van der Waals surface area contributed by atoms with Crippen LogP contribution in [-0.2, 0) is 9.59 Å². The Bertz CT molecular complexity index is 378. The van der Waals surface area contributed by atoms with Crippen molar-refractivity contribution in [1.82, 2.24) is 0 Å². The molecule has 0 aromatic carbocycles. The average molecular weight is 451 g/mol. The predicted molar refractivity (Wildman–Crippen MR) is 130 cm³/mol. The van der Waals surface area contributed by atoms with Gasteiger partial charge in [0.1, 0.15) is 11.6 Å². The Morgan fingerprint density at radius 1 is 0.714 bits per heavy atom. The van der Waals surface area contributed by atoms with Crippen molar-refractivity contribution in [1.29, 1.82) is 0 Å². The van der Waals surface area contributed by atoms with Crippen molar-refractivity contribution >= 4 is 45.2 Å². The summed E-state index contributed by atoms with van der Waals surface area (Å²) in [6.07, 6.45) is 15.4. The first kappa shape index (κ1) is 28.4. The second-order valence-corrected chi connectivity index (χ2v) is 11.1. The van der Waals surface area contributed by atoms with Crippen LogP contribution in [0.4, 0.5) is 0 Å². The molecule has 0 aliphatic carbocycles. The van der Waals surface area contributed by atoms with Gasteiger partial charge in [0.2, 0.25) is 0 Å². The maximum Gasteiger partial charge on any atom is 0.134 e. The van der Waals surface area contributed by atoms with Gasteiger partial charge in [-0.05, 0) is 24.9 Å². The number of rotatable bonds is 22. The molecule has 1 atom stereocenters. The van der Waals surface area contributed by atoms with Crippen LogP contribution in [0.1, 0.15) is 110 Å². The van der Waals surface area contributed by atoms with Gasteiger partial charge in [-0.15, -0.1) is 0 Å². The molecule has 166 valence electrons. The van der Waals surface area contributed by atoms with E-state index >= 15 is 0 Å². The number of Topliss-reactive ketones (excluding diaryl/α,β-unsaturated/α-hetero) is 2. The second-order valence-electron chi connectivity index (χ2n) is 7.52. The van der Waals surface area contributed by atoms with Crippen molar-refractivity contribution in [2.24, 2.45) is 0 Å². The lowest BCUT2D eigenvalue weighted by Gasteiger charge is -2.11. The van der Waals surface area contributed by atoms with Crippen LogP contribution in [0.2, 0.25) is 0 Å². The summed E-state index contributed by atoms with van der Waals surface area (Å²) < 4.78 is 9.36. The number of unbranched alkanes of at least 4 members (excludes halogenated alkanes) is 8. The van der Waals surface area contributed by atoms with Crippen LogP contribution in [0.15, 0.2) is 0 Å². The van der Waals surface area contributed by atoms with Gasteiger partial charge in [0.25, 0.3) is 0 Å². The average Bonchev–Trinajstić information content (AvgIpc) is 2.69. The van der Waals surface area contributed by atoms with Gasteiger partial charge < -0.3 is 4.55 Å². The lowest BCUT2D eigenvalue weighted by atomic mass is 10.1. The molecule has 3 nitrogen and oxygen atoms in total. The lowest BCUT2D eigenvalue weighted by Crippen LogP contribution is -2.11. The molecule has 0 radical (unpaired) electrons. The Balaban J connectivity index is 3.52. The van der Waals surface area contributed by atoms with Crippen molar-refractivity contribution < 1.29 is 14.1 Å². The van der Waals surface area contributed by atoms with Gasteiger partial charge in [-0.2, -0.15) is 0 Å². The van der Waals surface area contributed by atoms with Gasteiger partial charge in [-0.3, -0.25) is 9.59 Å². The summed E-state index contributed by atoms with van der Waals surface area (Å²) in [6.45, 7) is 4.40. The minimum Gasteiger partial charge on any atom is -0.330 e. The second kappa shape index (κ2) is 22.0. The Morgan fingerprint density at radius 3 is 1.86 bits per heavy atom. The molecule has 0 saturated heterocycles. The first-order valence-corrected chi connectivity index (χ1v) is 14.5. The van der Waals surface area contributed by atoms with E-state index in [4.69, 9.17) is 0 Å². The van der Waals surface area contributed by atoms with Crippen molar-refractivity contribution in [3.8, 4) is 0 Å². The van der Waals surface area contributed by atoms with Gasteiger partial charge in [0.05, 0.1) is 0 Å². The molecular weight excluding hydrogens is 408 g/mol. The van der Waals surface area contributed by atoms with E-state index in [2.05, 4.69) is 13.8 Å². The molecule has 1 unspecified atom stereocenters. The maximum absolute atomic E-state index is 12.1. The van der Waals surface area contributed by atoms with Crippen LogP contribution < -0.4 is 0 Å². The normalized spacial score (nSPS) is 12.2. The molecule has 0 bridgehead atoms. The minimum absolute atomic E-state index is 0.0570. The van der Waals surface area contributed by atoms with E-state index in [0.717, 1.165) is 49.2 Å². The molecule has 0 fully saturated rings. The highest BCUT2D eigenvalue weighted by Gasteiger charge is 2.14. The number of hydrogen-bond acceptors (Lipinski definition) is 6. The first-order valence-electron chi connectivity index (χ1n) is 11.2. The molecule has 6 heteroatoms. The zero-order valence-electron chi connectivity index (χ0n) is 18.1. The molecule has 0 rings (SSSR count). The molecule has 0 amide bonds. The van der Waals surface area contributed by atoms with E-state index in [1.165, 1.54) is 51.4 Å². The molecule has 0 aromatic rings. The highest BCUT2D eigenvalue weighted by molar-refractivity contribution is 8.76. The third-order valence-electron chi connectivity index (χ3n) is 4.81. The Hall–Kier alpha value is 0.350. The van der Waals surface area contributed by atoms with E-state index in [-0.39, 0.29) is 11.0 Å². The summed E-state index contributed by atoms with van der Waals surface area (Å²) in [7, 11) is 3.40. The molecule has 1 N–H and O–H groups in total. The lowest BCUT2D eigenvalue weighted by molar-refractivity contribution is -0.119. The van der Waals surface area contributed by atoms with E-state index in [1.807, 2.05) is 0 Å². The van der Waals surface area contributed by atoms with Gasteiger partial charge in [0.15, 0.2) is 0 Å². The van der Waals surface area contributed by atoms with Crippen LogP contribution in [-0.4, -0.2) is 32.9 Å². The van der Waals surface area contributed by atoms with E-state index in [1.54, 1.807) is 21.6 Å². The van der Waals surface area contributed by atoms with Gasteiger partial charge >= 0.3 is 0 Å². The Kier molecular flexibility index (Phi) is 22.3. The summed E-state index contributed by atoms with van der Waals surface area (Å²) >= 11 is 0.848. The van der Waals surface area contributed by atoms with E-state index in [9.17, 15) is 14.1 Å². The van der Waals surface area contributed by atoms with Crippen molar-refractivity contribution in [3.63, 3.8) is 0 Å². The number of hydrogen-bond donors (Lipinski definition) is 1. The zero-order valence-corrected chi connectivity index (χ0v) is 20.5. The van der Waals surface area contributed by atoms with Crippen LogP contribution in [0.25, 0.3) is 0 Å². The molecule has 0 heterocycles.